The Hall–Kier alpha value is -3.14. The third kappa shape index (κ3) is 5.56. The number of primary sulfonamides is 1. The maximum Gasteiger partial charge on any atom is 0.344 e. The molecule has 2 N–H and O–H groups in total. The van der Waals surface area contributed by atoms with Gasteiger partial charge in [-0.3, -0.25) is 4.79 Å². The van der Waals surface area contributed by atoms with E-state index in [1.54, 1.807) is 54.0 Å². The minimum atomic E-state index is -3.80. The Morgan fingerprint density at radius 3 is 2.34 bits per heavy atom. The van der Waals surface area contributed by atoms with Crippen LogP contribution in [-0.2, 0) is 19.6 Å². The lowest BCUT2D eigenvalue weighted by atomic mass is 10.1. The number of rotatable bonds is 8. The van der Waals surface area contributed by atoms with Crippen molar-refractivity contribution in [2.24, 2.45) is 5.14 Å². The molecule has 0 saturated heterocycles. The van der Waals surface area contributed by atoms with Crippen LogP contribution in [0.15, 0.2) is 59.5 Å². The lowest BCUT2D eigenvalue weighted by Gasteiger charge is -2.11. The van der Waals surface area contributed by atoms with E-state index >= 15 is 0 Å². The number of halogens is 1. The van der Waals surface area contributed by atoms with Crippen LogP contribution < -0.4 is 9.88 Å². The molecule has 8 nitrogen and oxygen atoms in total. The van der Waals surface area contributed by atoms with Crippen molar-refractivity contribution in [3.05, 3.63) is 76.6 Å². The predicted octanol–water partition coefficient (Wildman–Crippen LogP) is 3.20. The van der Waals surface area contributed by atoms with Crippen molar-refractivity contribution < 1.29 is 27.5 Å². The van der Waals surface area contributed by atoms with Gasteiger partial charge in [-0.05, 0) is 62.4 Å². The van der Waals surface area contributed by atoms with Gasteiger partial charge in [0.1, 0.15) is 5.75 Å². The van der Waals surface area contributed by atoms with E-state index in [4.69, 9.17) is 26.2 Å². The Kier molecular flexibility index (Phi) is 7.02. The summed E-state index contributed by atoms with van der Waals surface area (Å²) in [6.45, 7) is 2.76. The Morgan fingerprint density at radius 2 is 1.72 bits per heavy atom. The molecule has 0 unspecified atom stereocenters. The Morgan fingerprint density at radius 1 is 1.03 bits per heavy atom. The molecule has 10 heteroatoms. The minimum Gasteiger partial charge on any atom is -0.482 e. The predicted molar refractivity (Wildman–Crippen MR) is 119 cm³/mol. The smallest absolute Gasteiger partial charge is 0.344 e. The summed E-state index contributed by atoms with van der Waals surface area (Å²) in [5.74, 6) is -0.648. The van der Waals surface area contributed by atoms with Crippen molar-refractivity contribution >= 4 is 33.4 Å². The van der Waals surface area contributed by atoms with E-state index < -0.39 is 22.6 Å². The maximum absolute atomic E-state index is 12.6. The SMILES string of the molecule is Cc1cc(C(=O)COC(=O)COc2cccc(Cl)c2)c(C)n1-c1ccc(S(N)(=O)=O)cc1. The van der Waals surface area contributed by atoms with Crippen LogP contribution in [0, 0.1) is 13.8 Å². The molecule has 0 fully saturated rings. The quantitative estimate of drug-likeness (QED) is 0.394. The fourth-order valence-corrected chi connectivity index (χ4v) is 3.89. The highest BCUT2D eigenvalue weighted by atomic mass is 35.5. The van der Waals surface area contributed by atoms with Crippen LogP contribution in [0.4, 0.5) is 0 Å². The van der Waals surface area contributed by atoms with Gasteiger partial charge in [-0.1, -0.05) is 17.7 Å². The average molecular weight is 477 g/mol. The molecule has 0 amide bonds. The van der Waals surface area contributed by atoms with Gasteiger partial charge >= 0.3 is 5.97 Å². The number of benzene rings is 2. The minimum absolute atomic E-state index is 0.00748. The van der Waals surface area contributed by atoms with Gasteiger partial charge in [-0.2, -0.15) is 0 Å². The number of hydrogen-bond acceptors (Lipinski definition) is 6. The summed E-state index contributed by atoms with van der Waals surface area (Å²) < 4.78 is 35.0. The lowest BCUT2D eigenvalue weighted by molar-refractivity contribution is -0.144. The zero-order chi connectivity index (χ0) is 23.5. The monoisotopic (exact) mass is 476 g/mol. The molecule has 0 aliphatic carbocycles. The van der Waals surface area contributed by atoms with Gasteiger partial charge in [0.25, 0.3) is 0 Å². The molecule has 0 saturated carbocycles. The second-order valence-electron chi connectivity index (χ2n) is 6.99. The van der Waals surface area contributed by atoms with Gasteiger partial charge in [0.05, 0.1) is 4.90 Å². The summed E-state index contributed by atoms with van der Waals surface area (Å²) in [7, 11) is -3.80. The average Bonchev–Trinajstić information content (AvgIpc) is 3.04. The zero-order valence-electron chi connectivity index (χ0n) is 17.4. The molecule has 0 radical (unpaired) electrons. The molecular formula is C22H21ClN2O6S. The van der Waals surface area contributed by atoms with Crippen LogP contribution in [0.2, 0.25) is 5.02 Å². The first-order chi connectivity index (χ1) is 15.1. The van der Waals surface area contributed by atoms with Gasteiger partial charge in [-0.25, -0.2) is 18.4 Å². The standard InChI is InChI=1S/C22H21ClN2O6S/c1-14-10-20(15(2)25(14)17-6-8-19(9-7-17)32(24,28)29)21(26)12-31-22(27)13-30-18-5-3-4-16(23)11-18/h3-11H,12-13H2,1-2H3,(H2,24,28,29). The topological polar surface area (TPSA) is 118 Å². The van der Waals surface area contributed by atoms with Gasteiger partial charge < -0.3 is 14.0 Å². The number of nitrogens with two attached hydrogens (primary N) is 1. The summed E-state index contributed by atoms with van der Waals surface area (Å²) in [5.41, 5.74) is 2.44. The van der Waals surface area contributed by atoms with E-state index in [2.05, 4.69) is 0 Å². The number of ketones is 1. The maximum atomic E-state index is 12.6. The van der Waals surface area contributed by atoms with Crippen molar-refractivity contribution in [1.29, 1.82) is 0 Å². The number of hydrogen-bond donors (Lipinski definition) is 1. The third-order valence-corrected chi connectivity index (χ3v) is 5.84. The number of carbonyl (C=O) groups excluding carboxylic acids is 2. The highest BCUT2D eigenvalue weighted by Crippen LogP contribution is 2.22. The molecule has 0 aliphatic rings. The Labute approximate surface area is 190 Å². The van der Waals surface area contributed by atoms with E-state index in [0.29, 0.717) is 27.7 Å². The second-order valence-corrected chi connectivity index (χ2v) is 8.99. The van der Waals surface area contributed by atoms with Crippen LogP contribution in [0.25, 0.3) is 5.69 Å². The number of sulfonamides is 1. The number of Topliss-reactive ketones (excluding diaryl/α,β-unsaturated/α-hetero) is 1. The summed E-state index contributed by atoms with van der Waals surface area (Å²) in [4.78, 5) is 24.6. The Bertz CT molecular complexity index is 1270. The van der Waals surface area contributed by atoms with E-state index in [0.717, 1.165) is 5.69 Å². The van der Waals surface area contributed by atoms with E-state index in [9.17, 15) is 18.0 Å². The van der Waals surface area contributed by atoms with Crippen LogP contribution >= 0.6 is 11.6 Å². The number of aromatic nitrogens is 1. The van der Waals surface area contributed by atoms with Gasteiger partial charge in [-0.15, -0.1) is 0 Å². The molecule has 0 atom stereocenters. The molecule has 3 aromatic rings. The zero-order valence-corrected chi connectivity index (χ0v) is 18.9. The van der Waals surface area contributed by atoms with Gasteiger partial charge in [0, 0.05) is 27.7 Å². The molecule has 1 heterocycles. The van der Waals surface area contributed by atoms with Crippen molar-refractivity contribution in [1.82, 2.24) is 4.57 Å². The summed E-state index contributed by atoms with van der Waals surface area (Å²) in [6, 6.07) is 14.2. The third-order valence-electron chi connectivity index (χ3n) is 4.67. The highest BCUT2D eigenvalue weighted by molar-refractivity contribution is 7.89. The van der Waals surface area contributed by atoms with Gasteiger partial charge in [0.2, 0.25) is 15.8 Å². The van der Waals surface area contributed by atoms with Crippen molar-refractivity contribution in [2.45, 2.75) is 18.7 Å². The van der Waals surface area contributed by atoms with Crippen molar-refractivity contribution in [2.75, 3.05) is 13.2 Å². The Balaban J connectivity index is 1.65. The summed E-state index contributed by atoms with van der Waals surface area (Å²) in [6.07, 6.45) is 0. The van der Waals surface area contributed by atoms with E-state index in [1.807, 2.05) is 6.92 Å². The lowest BCUT2D eigenvalue weighted by Crippen LogP contribution is -2.19. The number of esters is 1. The van der Waals surface area contributed by atoms with E-state index in [-0.39, 0.29) is 17.3 Å². The number of nitrogens with zero attached hydrogens (tertiary/aromatic N) is 1. The van der Waals surface area contributed by atoms with Crippen molar-refractivity contribution in [3.8, 4) is 11.4 Å². The molecule has 32 heavy (non-hydrogen) atoms. The summed E-state index contributed by atoms with van der Waals surface area (Å²) >= 11 is 5.86. The molecule has 0 aliphatic heterocycles. The molecule has 2 aromatic carbocycles. The fourth-order valence-electron chi connectivity index (χ4n) is 3.19. The van der Waals surface area contributed by atoms with Crippen LogP contribution in [0.1, 0.15) is 21.7 Å². The van der Waals surface area contributed by atoms with Crippen LogP contribution in [0.3, 0.4) is 0 Å². The molecule has 168 valence electrons. The fraction of sp³-hybridized carbons (Fsp3) is 0.182. The first kappa shape index (κ1) is 23.5. The number of carbonyl (C=O) groups is 2. The molecule has 0 spiro atoms. The normalized spacial score (nSPS) is 11.2. The second kappa shape index (κ2) is 9.56. The first-order valence-corrected chi connectivity index (χ1v) is 11.4. The largest absolute Gasteiger partial charge is 0.482 e. The first-order valence-electron chi connectivity index (χ1n) is 9.45. The van der Waals surface area contributed by atoms with Crippen molar-refractivity contribution in [3.63, 3.8) is 0 Å². The molecule has 0 bridgehead atoms. The number of aryl methyl sites for hydroxylation is 1. The molecule has 1 aromatic heterocycles. The van der Waals surface area contributed by atoms with Crippen LogP contribution in [0.5, 0.6) is 5.75 Å². The highest BCUT2D eigenvalue weighted by Gasteiger charge is 2.19. The van der Waals surface area contributed by atoms with Crippen LogP contribution in [-0.4, -0.2) is 38.0 Å². The summed E-state index contributed by atoms with van der Waals surface area (Å²) in [5, 5.41) is 5.61. The molecular weight excluding hydrogens is 456 g/mol. The van der Waals surface area contributed by atoms with Gasteiger partial charge in [0.15, 0.2) is 13.2 Å². The van der Waals surface area contributed by atoms with E-state index in [1.165, 1.54) is 12.1 Å². The number of ether oxygens (including phenoxy) is 2. The molecule has 3 rings (SSSR count).